The van der Waals surface area contributed by atoms with Crippen LogP contribution in [0.4, 0.5) is 14.0 Å². The number of nitrogens with one attached hydrogen (secondary N) is 4. The fourth-order valence-corrected chi connectivity index (χ4v) is 8.95. The molecule has 0 bridgehead atoms. The fourth-order valence-electron chi connectivity index (χ4n) is 8.95. The molecule has 0 saturated carbocycles. The lowest BCUT2D eigenvalue weighted by Crippen LogP contribution is -2.53. The second-order valence-electron chi connectivity index (χ2n) is 16.5. The second kappa shape index (κ2) is 18.3. The molecule has 3 fully saturated rings. The predicted molar refractivity (Wildman–Crippen MR) is 227 cm³/mol. The summed E-state index contributed by atoms with van der Waals surface area (Å²) in [6, 6.07) is 10.7. The number of halogens is 1. The van der Waals surface area contributed by atoms with Crippen molar-refractivity contribution in [2.75, 3.05) is 40.5 Å². The zero-order valence-electron chi connectivity index (χ0n) is 35.3. The quantitative estimate of drug-likeness (QED) is 0.111. The number of nitrogens with zero attached hydrogens (tertiary/aromatic N) is 5. The topological polar surface area (TPSA) is 197 Å². The van der Waals surface area contributed by atoms with Crippen LogP contribution in [0.1, 0.15) is 76.1 Å². The Bertz CT molecular complexity index is 2450. The van der Waals surface area contributed by atoms with Crippen molar-refractivity contribution in [3.05, 3.63) is 78.5 Å². The van der Waals surface area contributed by atoms with Crippen molar-refractivity contribution < 1.29 is 37.8 Å². The monoisotopic (exact) mass is 849 g/mol. The molecule has 0 radical (unpaired) electrons. The molecule has 6 heterocycles. The Morgan fingerprint density at radius 1 is 0.742 bits per heavy atom. The van der Waals surface area contributed by atoms with Crippen LogP contribution in [0.25, 0.3) is 44.5 Å². The van der Waals surface area contributed by atoms with E-state index in [2.05, 4.69) is 30.6 Å². The van der Waals surface area contributed by atoms with Gasteiger partial charge in [0.1, 0.15) is 29.5 Å². The number of benzene rings is 2. The Morgan fingerprint density at radius 3 is 1.95 bits per heavy atom. The van der Waals surface area contributed by atoms with Gasteiger partial charge in [-0.2, -0.15) is 0 Å². The standard InChI is InChI=1S/C45H52FN9O7/c1-25(2)38(52-44(58)60-3)42(56)54-15-5-7-36(54)40-49-24-35(51-40)29-11-12-31(32(46)20-29)33-21-27-9-10-28(19-30(27)22-47-33)34-23-48-41(50-34)37-8-6-16-55(37)43(57)39(53-45(59)61-4)26-13-17-62-18-14-26/h9-12,19-26,36-39H,5-8,13-18H2,1-4H3,(H,48,50)(H,49,51)(H,52,58)(H,53,59)/t36-,37-,38-,39-/m0/s1. The minimum Gasteiger partial charge on any atom is -0.453 e. The van der Waals surface area contributed by atoms with Gasteiger partial charge in [-0.3, -0.25) is 14.6 Å². The number of methoxy groups -OCH3 is 2. The minimum atomic E-state index is -0.746. The summed E-state index contributed by atoms with van der Waals surface area (Å²) in [6.45, 7) is 5.89. The molecule has 16 nitrogen and oxygen atoms in total. The van der Waals surface area contributed by atoms with E-state index in [1.807, 2.05) is 49.1 Å². The Hall–Kier alpha value is -6.36. The lowest BCUT2D eigenvalue weighted by Gasteiger charge is -2.34. The first-order valence-corrected chi connectivity index (χ1v) is 21.2. The van der Waals surface area contributed by atoms with Gasteiger partial charge < -0.3 is 44.6 Å². The summed E-state index contributed by atoms with van der Waals surface area (Å²) in [7, 11) is 2.56. The van der Waals surface area contributed by atoms with Crippen molar-refractivity contribution in [3.63, 3.8) is 0 Å². The Morgan fingerprint density at radius 2 is 1.34 bits per heavy atom. The van der Waals surface area contributed by atoms with Gasteiger partial charge in [-0.1, -0.05) is 32.0 Å². The number of carbonyl (C=O) groups excluding carboxylic acids is 4. The van der Waals surface area contributed by atoms with Crippen molar-refractivity contribution in [2.24, 2.45) is 11.8 Å². The van der Waals surface area contributed by atoms with E-state index in [0.29, 0.717) is 79.7 Å². The summed E-state index contributed by atoms with van der Waals surface area (Å²) in [4.78, 5) is 76.0. The normalized spacial score (nSPS) is 19.1. The number of amides is 4. The Balaban J connectivity index is 0.954. The number of rotatable bonds is 11. The molecule has 8 rings (SSSR count). The van der Waals surface area contributed by atoms with E-state index >= 15 is 4.39 Å². The number of hydrogen-bond donors (Lipinski definition) is 4. The van der Waals surface area contributed by atoms with Crippen molar-refractivity contribution in [3.8, 4) is 33.8 Å². The average Bonchev–Trinajstić information content (AvgIpc) is 4.14. The number of carbonyl (C=O) groups is 4. The van der Waals surface area contributed by atoms with Crippen molar-refractivity contribution in [1.29, 1.82) is 0 Å². The van der Waals surface area contributed by atoms with Gasteiger partial charge in [-0.15, -0.1) is 0 Å². The van der Waals surface area contributed by atoms with Gasteiger partial charge in [0.25, 0.3) is 0 Å². The maximum atomic E-state index is 15.9. The molecule has 5 aromatic rings. The van der Waals surface area contributed by atoms with E-state index in [-0.39, 0.29) is 35.7 Å². The SMILES string of the molecule is COC(=O)N[C@H](C(=O)N1CCC[C@H]1c1ncc(-c2ccc(-c3cc4ccc(-c5cnc([C@@H]6CCCN6C(=O)[C@@H](NC(=O)OC)C6CCOCC6)[nH]5)cc4cn3)c(F)c2)[nH]1)C(C)C. The van der Waals surface area contributed by atoms with Crippen LogP contribution in [0.5, 0.6) is 0 Å². The van der Waals surface area contributed by atoms with Crippen molar-refractivity contribution in [2.45, 2.75) is 76.5 Å². The van der Waals surface area contributed by atoms with Gasteiger partial charge in [-0.25, -0.2) is 23.9 Å². The average molecular weight is 850 g/mol. The molecule has 62 heavy (non-hydrogen) atoms. The number of fused-ring (bicyclic) bond motifs is 1. The molecule has 3 aliphatic heterocycles. The molecule has 4 amide bonds. The molecule has 3 aliphatic rings. The molecular weight excluding hydrogens is 798 g/mol. The van der Waals surface area contributed by atoms with Crippen LogP contribution in [-0.2, 0) is 23.8 Å². The van der Waals surface area contributed by atoms with E-state index in [1.54, 1.807) is 29.6 Å². The molecule has 17 heteroatoms. The highest BCUT2D eigenvalue weighted by atomic mass is 19.1. The number of aromatic nitrogens is 5. The summed E-state index contributed by atoms with van der Waals surface area (Å²) in [6.07, 6.45) is 8.20. The third-order valence-electron chi connectivity index (χ3n) is 12.3. The molecule has 3 aromatic heterocycles. The zero-order valence-corrected chi connectivity index (χ0v) is 35.3. The number of H-pyrrole nitrogens is 2. The van der Waals surface area contributed by atoms with Crippen LogP contribution < -0.4 is 10.6 Å². The van der Waals surface area contributed by atoms with Gasteiger partial charge in [0.05, 0.1) is 55.8 Å². The summed E-state index contributed by atoms with van der Waals surface area (Å²) in [5, 5.41) is 7.19. The number of pyridine rings is 1. The summed E-state index contributed by atoms with van der Waals surface area (Å²) < 4.78 is 31.0. The molecule has 4 atom stereocenters. The van der Waals surface area contributed by atoms with Crippen LogP contribution in [0.2, 0.25) is 0 Å². The van der Waals surface area contributed by atoms with Crippen molar-refractivity contribution in [1.82, 2.24) is 45.4 Å². The van der Waals surface area contributed by atoms with E-state index in [1.165, 1.54) is 20.3 Å². The summed E-state index contributed by atoms with van der Waals surface area (Å²) in [5.41, 5.74) is 3.70. The van der Waals surface area contributed by atoms with Crippen LogP contribution in [-0.4, -0.2) is 111 Å². The van der Waals surface area contributed by atoms with E-state index in [4.69, 9.17) is 19.2 Å². The molecule has 0 unspecified atom stereocenters. The molecule has 4 N–H and O–H groups in total. The first kappa shape index (κ1) is 42.3. The van der Waals surface area contributed by atoms with Crippen LogP contribution >= 0.6 is 0 Å². The van der Waals surface area contributed by atoms with Crippen LogP contribution in [0, 0.1) is 17.7 Å². The van der Waals surface area contributed by atoms with Gasteiger partial charge >= 0.3 is 12.2 Å². The molecule has 0 spiro atoms. The number of alkyl carbamates (subject to hydrolysis) is 2. The van der Waals surface area contributed by atoms with E-state index in [9.17, 15) is 19.2 Å². The van der Waals surface area contributed by atoms with Crippen LogP contribution in [0.3, 0.4) is 0 Å². The highest BCUT2D eigenvalue weighted by Crippen LogP contribution is 2.36. The Labute approximate surface area is 358 Å². The summed E-state index contributed by atoms with van der Waals surface area (Å²) >= 11 is 0. The smallest absolute Gasteiger partial charge is 0.407 e. The molecular formula is C45H52FN9O7. The number of hydrogen-bond acceptors (Lipinski definition) is 10. The molecule has 326 valence electrons. The summed E-state index contributed by atoms with van der Waals surface area (Å²) in [5.74, 6) is 0.262. The minimum absolute atomic E-state index is 0.0552. The largest absolute Gasteiger partial charge is 0.453 e. The van der Waals surface area contributed by atoms with Gasteiger partial charge in [-0.05, 0) is 80.0 Å². The van der Waals surface area contributed by atoms with Gasteiger partial charge in [0.15, 0.2) is 0 Å². The fraction of sp³-hybridized carbons (Fsp3) is 0.444. The predicted octanol–water partition coefficient (Wildman–Crippen LogP) is 6.68. The highest BCUT2D eigenvalue weighted by molar-refractivity contribution is 5.90. The lowest BCUT2D eigenvalue weighted by atomic mass is 9.90. The molecule has 2 aromatic carbocycles. The maximum absolute atomic E-state index is 15.9. The van der Waals surface area contributed by atoms with E-state index in [0.717, 1.165) is 41.3 Å². The number of ether oxygens (including phenoxy) is 3. The van der Waals surface area contributed by atoms with Gasteiger partial charge in [0.2, 0.25) is 11.8 Å². The third kappa shape index (κ3) is 8.71. The van der Waals surface area contributed by atoms with E-state index < -0.39 is 30.1 Å². The lowest BCUT2D eigenvalue weighted by molar-refractivity contribution is -0.137. The Kier molecular flexibility index (Phi) is 12.5. The van der Waals surface area contributed by atoms with Crippen molar-refractivity contribution >= 4 is 34.8 Å². The maximum Gasteiger partial charge on any atom is 0.407 e. The third-order valence-corrected chi connectivity index (χ3v) is 12.3. The highest BCUT2D eigenvalue weighted by Gasteiger charge is 2.41. The number of aromatic amines is 2. The second-order valence-corrected chi connectivity index (χ2v) is 16.5. The first-order chi connectivity index (χ1) is 30.0. The number of likely N-dealkylation sites (tertiary alicyclic amines) is 2. The van der Waals surface area contributed by atoms with Gasteiger partial charge in [0, 0.05) is 54.6 Å². The first-order valence-electron chi connectivity index (χ1n) is 21.2. The molecule has 0 aliphatic carbocycles. The zero-order chi connectivity index (χ0) is 43.5. The van der Waals surface area contributed by atoms with Crippen LogP contribution in [0.15, 0.2) is 61.1 Å². The number of imidazole rings is 2. The molecule has 3 saturated heterocycles.